The maximum atomic E-state index is 9.44. The number of phenolic OH excluding ortho intramolecular Hbond substituents is 1. The van der Waals surface area contributed by atoms with Crippen molar-refractivity contribution >= 4 is 39.4 Å². The average Bonchev–Trinajstić information content (AvgIpc) is 2.87. The van der Waals surface area contributed by atoms with E-state index in [0.717, 1.165) is 26.5 Å². The van der Waals surface area contributed by atoms with E-state index in [1.165, 1.54) is 0 Å². The first kappa shape index (κ1) is 13.4. The van der Waals surface area contributed by atoms with Gasteiger partial charge in [0.2, 0.25) is 0 Å². The van der Waals surface area contributed by atoms with Crippen LogP contribution in [0.3, 0.4) is 0 Å². The number of hydrogen-bond donors (Lipinski definition) is 2. The fraction of sp³-hybridized carbons (Fsp3) is 0. The van der Waals surface area contributed by atoms with Gasteiger partial charge in [0, 0.05) is 5.69 Å². The van der Waals surface area contributed by atoms with E-state index < -0.39 is 0 Å². The molecule has 1 heterocycles. The Bertz CT molecular complexity index is 816. The summed E-state index contributed by atoms with van der Waals surface area (Å²) in [6.45, 7) is 0. The number of anilines is 1. The zero-order valence-corrected chi connectivity index (χ0v) is 12.0. The van der Waals surface area contributed by atoms with Crippen LogP contribution in [0.1, 0.15) is 10.6 Å². The predicted molar refractivity (Wildman–Crippen MR) is 90.2 cm³/mol. The summed E-state index contributed by atoms with van der Waals surface area (Å²) in [7, 11) is 0. The minimum Gasteiger partial charge on any atom is -0.508 e. The molecule has 3 nitrogen and oxygen atoms in total. The van der Waals surface area contributed by atoms with Crippen molar-refractivity contribution in [1.29, 1.82) is 0 Å². The summed E-state index contributed by atoms with van der Waals surface area (Å²) in [6.07, 6.45) is 7.88. The summed E-state index contributed by atoms with van der Waals surface area (Å²) in [6, 6.07) is 12.9. The summed E-state index contributed by atoms with van der Waals surface area (Å²) >= 11 is 1.55. The van der Waals surface area contributed by atoms with E-state index in [-0.39, 0.29) is 5.75 Å². The molecule has 0 spiro atoms. The van der Waals surface area contributed by atoms with Crippen LogP contribution < -0.4 is 5.73 Å². The fourth-order valence-electron chi connectivity index (χ4n) is 1.91. The van der Waals surface area contributed by atoms with Crippen molar-refractivity contribution in [2.45, 2.75) is 0 Å². The van der Waals surface area contributed by atoms with Gasteiger partial charge in [-0.2, -0.15) is 0 Å². The highest BCUT2D eigenvalue weighted by molar-refractivity contribution is 7.19. The minimum atomic E-state index is 0.268. The molecule has 0 bridgehead atoms. The number of phenols is 1. The molecule has 0 aliphatic heterocycles. The first-order valence-corrected chi connectivity index (χ1v) is 7.32. The molecule has 0 unspecified atom stereocenters. The van der Waals surface area contributed by atoms with Gasteiger partial charge in [-0.25, -0.2) is 4.98 Å². The Morgan fingerprint density at radius 3 is 2.57 bits per heavy atom. The minimum absolute atomic E-state index is 0.268. The van der Waals surface area contributed by atoms with E-state index in [9.17, 15) is 5.11 Å². The van der Waals surface area contributed by atoms with Crippen LogP contribution in [0.5, 0.6) is 5.75 Å². The van der Waals surface area contributed by atoms with Gasteiger partial charge in [-0.15, -0.1) is 11.3 Å². The smallest absolute Gasteiger partial charge is 0.117 e. The Kier molecular flexibility index (Phi) is 3.71. The molecule has 21 heavy (non-hydrogen) atoms. The van der Waals surface area contributed by atoms with E-state index in [1.54, 1.807) is 23.5 Å². The van der Waals surface area contributed by atoms with Crippen molar-refractivity contribution < 1.29 is 5.11 Å². The normalized spacial score (nSPS) is 11.8. The van der Waals surface area contributed by atoms with Crippen molar-refractivity contribution in [2.75, 3.05) is 5.73 Å². The second kappa shape index (κ2) is 5.81. The summed E-state index contributed by atoms with van der Waals surface area (Å²) in [4.78, 5) is 4.48. The molecule has 0 saturated heterocycles. The van der Waals surface area contributed by atoms with Crippen LogP contribution >= 0.6 is 11.3 Å². The predicted octanol–water partition coefficient (Wildman–Crippen LogP) is 4.31. The summed E-state index contributed by atoms with van der Waals surface area (Å²) in [5.74, 6) is 0.268. The van der Waals surface area contributed by atoms with Gasteiger partial charge in [-0.05, 0) is 42.0 Å². The molecular formula is C17H14N2OS. The molecule has 0 atom stereocenters. The van der Waals surface area contributed by atoms with Crippen molar-refractivity contribution in [2.24, 2.45) is 0 Å². The molecule has 3 rings (SSSR count). The zero-order chi connectivity index (χ0) is 14.7. The molecule has 3 aromatic rings. The van der Waals surface area contributed by atoms with Crippen LogP contribution in [0.4, 0.5) is 5.69 Å². The monoisotopic (exact) mass is 294 g/mol. The highest BCUT2D eigenvalue weighted by Crippen LogP contribution is 2.26. The molecule has 4 heteroatoms. The largest absolute Gasteiger partial charge is 0.508 e. The average molecular weight is 294 g/mol. The molecule has 3 N–H and O–H groups in total. The number of rotatable bonds is 3. The molecular weight excluding hydrogens is 280 g/mol. The van der Waals surface area contributed by atoms with E-state index in [2.05, 4.69) is 4.98 Å². The van der Waals surface area contributed by atoms with Gasteiger partial charge in [0.1, 0.15) is 10.8 Å². The number of nitrogen functional groups attached to an aromatic ring is 1. The first-order chi connectivity index (χ1) is 10.2. The van der Waals surface area contributed by atoms with Gasteiger partial charge >= 0.3 is 0 Å². The SMILES string of the molecule is Nc1ccc(C=CC=Cc2nc3ccc(O)cc3s2)cc1. The zero-order valence-electron chi connectivity index (χ0n) is 11.2. The Labute approximate surface area is 126 Å². The number of aromatic nitrogens is 1. The van der Waals surface area contributed by atoms with Crippen LogP contribution in [0, 0.1) is 0 Å². The number of aromatic hydroxyl groups is 1. The van der Waals surface area contributed by atoms with Crippen molar-refractivity contribution in [1.82, 2.24) is 4.98 Å². The second-order valence-electron chi connectivity index (χ2n) is 4.59. The third-order valence-corrected chi connectivity index (χ3v) is 3.95. The number of fused-ring (bicyclic) bond motifs is 1. The molecule has 0 saturated carbocycles. The van der Waals surface area contributed by atoms with Gasteiger partial charge in [-0.1, -0.05) is 30.4 Å². The summed E-state index contributed by atoms with van der Waals surface area (Å²) in [5, 5.41) is 10.4. The van der Waals surface area contributed by atoms with Gasteiger partial charge in [-0.3, -0.25) is 0 Å². The van der Waals surface area contributed by atoms with Gasteiger partial charge in [0.25, 0.3) is 0 Å². The third-order valence-electron chi connectivity index (χ3n) is 2.96. The van der Waals surface area contributed by atoms with Gasteiger partial charge in [0.15, 0.2) is 0 Å². The van der Waals surface area contributed by atoms with Crippen LogP contribution in [0.15, 0.2) is 54.6 Å². The standard InChI is InChI=1S/C17H14N2OS/c18-13-7-5-12(6-8-13)3-1-2-4-17-19-15-10-9-14(20)11-16(15)21-17/h1-11,20H,18H2. The van der Waals surface area contributed by atoms with E-state index in [0.29, 0.717) is 0 Å². The lowest BCUT2D eigenvalue weighted by Crippen LogP contribution is -1.82. The van der Waals surface area contributed by atoms with E-state index in [4.69, 9.17) is 5.73 Å². The molecule has 0 aliphatic carbocycles. The van der Waals surface area contributed by atoms with Crippen LogP contribution in [0.25, 0.3) is 22.4 Å². The number of allylic oxidation sites excluding steroid dienone is 2. The van der Waals surface area contributed by atoms with Crippen molar-refractivity contribution in [3.8, 4) is 5.75 Å². The molecule has 1 aromatic heterocycles. The Balaban J connectivity index is 1.73. The molecule has 2 aromatic carbocycles. The fourth-order valence-corrected chi connectivity index (χ4v) is 2.83. The topological polar surface area (TPSA) is 59.1 Å². The maximum absolute atomic E-state index is 9.44. The van der Waals surface area contributed by atoms with Gasteiger partial charge in [0.05, 0.1) is 10.2 Å². The van der Waals surface area contributed by atoms with E-state index >= 15 is 0 Å². The first-order valence-electron chi connectivity index (χ1n) is 6.50. The highest BCUT2D eigenvalue weighted by Gasteiger charge is 2.01. The third kappa shape index (κ3) is 3.30. The number of nitrogens with zero attached hydrogens (tertiary/aromatic N) is 1. The lowest BCUT2D eigenvalue weighted by atomic mass is 10.2. The summed E-state index contributed by atoms with van der Waals surface area (Å²) in [5.41, 5.74) is 8.41. The molecule has 0 fully saturated rings. The quantitative estimate of drug-likeness (QED) is 0.559. The molecule has 104 valence electrons. The lowest BCUT2D eigenvalue weighted by molar-refractivity contribution is 0.476. The van der Waals surface area contributed by atoms with Crippen LogP contribution in [-0.2, 0) is 0 Å². The molecule has 0 aliphatic rings. The molecule has 0 amide bonds. The van der Waals surface area contributed by atoms with Gasteiger partial charge < -0.3 is 10.8 Å². The lowest BCUT2D eigenvalue weighted by Gasteiger charge is -1.93. The maximum Gasteiger partial charge on any atom is 0.117 e. The van der Waals surface area contributed by atoms with Crippen LogP contribution in [-0.4, -0.2) is 10.1 Å². The Morgan fingerprint density at radius 1 is 1.00 bits per heavy atom. The van der Waals surface area contributed by atoms with Crippen molar-refractivity contribution in [3.63, 3.8) is 0 Å². The van der Waals surface area contributed by atoms with Crippen LogP contribution in [0.2, 0.25) is 0 Å². The number of thiazole rings is 1. The highest BCUT2D eigenvalue weighted by atomic mass is 32.1. The Morgan fingerprint density at radius 2 is 1.76 bits per heavy atom. The molecule has 0 radical (unpaired) electrons. The Hall–Kier alpha value is -2.59. The van der Waals surface area contributed by atoms with Crippen molar-refractivity contribution in [3.05, 3.63) is 65.2 Å². The number of benzene rings is 2. The van der Waals surface area contributed by atoms with E-state index in [1.807, 2.05) is 54.6 Å². The number of hydrogen-bond acceptors (Lipinski definition) is 4. The second-order valence-corrected chi connectivity index (χ2v) is 5.65. The summed E-state index contributed by atoms with van der Waals surface area (Å²) < 4.78 is 0.983. The number of nitrogens with two attached hydrogens (primary N) is 1.